The molecule has 0 spiro atoms. The molecule has 0 radical (unpaired) electrons. The van der Waals surface area contributed by atoms with Gasteiger partial charge in [-0.2, -0.15) is 0 Å². The van der Waals surface area contributed by atoms with Crippen LogP contribution in [-0.2, 0) is 4.79 Å². The van der Waals surface area contributed by atoms with Crippen LogP contribution in [0, 0.1) is 0 Å². The van der Waals surface area contributed by atoms with Crippen molar-refractivity contribution < 1.29 is 14.3 Å². The molecule has 32 heavy (non-hydrogen) atoms. The van der Waals surface area contributed by atoms with Crippen molar-refractivity contribution in [3.63, 3.8) is 0 Å². The Bertz CT molecular complexity index is 877. The highest BCUT2D eigenvalue weighted by molar-refractivity contribution is 6.02. The number of pyridine rings is 1. The first kappa shape index (κ1) is 23.8. The lowest BCUT2D eigenvalue weighted by molar-refractivity contribution is -0.111. The molecule has 1 fully saturated rings. The number of nitrogens with zero attached hydrogens (tertiary/aromatic N) is 2. The largest absolute Gasteiger partial charge is 0.493 e. The predicted molar refractivity (Wildman–Crippen MR) is 129 cm³/mol. The summed E-state index contributed by atoms with van der Waals surface area (Å²) in [5.74, 6) is 1.08. The summed E-state index contributed by atoms with van der Waals surface area (Å²) in [5.41, 5.74) is 1.58. The average Bonchev–Trinajstić information content (AvgIpc) is 2.81. The maximum absolute atomic E-state index is 12.3. The Labute approximate surface area is 191 Å². The predicted octanol–water partition coefficient (Wildman–Crippen LogP) is 5.16. The standard InChI is InChI=1S/C26H35N3O3/c1-20(2)29(23-7-5-4-6-8-23)17-18-32-25-19-22(10-11-24(25)31-3)28-26(30)12-9-21-13-15-27-16-14-21/h9-16,19-20,23H,4-8,17-18H2,1-3H3,(H,28,30)/b12-9+. The number of hydrogen-bond acceptors (Lipinski definition) is 5. The van der Waals surface area contributed by atoms with E-state index in [-0.39, 0.29) is 5.91 Å². The van der Waals surface area contributed by atoms with Gasteiger partial charge < -0.3 is 14.8 Å². The molecule has 1 aromatic carbocycles. The van der Waals surface area contributed by atoms with Crippen molar-refractivity contribution in [2.24, 2.45) is 0 Å². The fourth-order valence-electron chi connectivity index (χ4n) is 4.23. The van der Waals surface area contributed by atoms with Crippen molar-refractivity contribution in [2.75, 3.05) is 25.6 Å². The Morgan fingerprint density at radius 1 is 1.16 bits per heavy atom. The zero-order valence-corrected chi connectivity index (χ0v) is 19.4. The number of aromatic nitrogens is 1. The number of rotatable bonds is 10. The van der Waals surface area contributed by atoms with Gasteiger partial charge in [-0.15, -0.1) is 0 Å². The molecule has 0 unspecified atom stereocenters. The Kier molecular flexibility index (Phi) is 9.11. The number of nitrogens with one attached hydrogen (secondary N) is 1. The monoisotopic (exact) mass is 437 g/mol. The van der Waals surface area contributed by atoms with E-state index >= 15 is 0 Å². The third-order valence-electron chi connectivity index (χ3n) is 5.88. The van der Waals surface area contributed by atoms with E-state index in [2.05, 4.69) is 29.0 Å². The minimum atomic E-state index is -0.207. The van der Waals surface area contributed by atoms with Gasteiger partial charge in [-0.25, -0.2) is 0 Å². The summed E-state index contributed by atoms with van der Waals surface area (Å²) in [4.78, 5) is 18.8. The minimum Gasteiger partial charge on any atom is -0.493 e. The summed E-state index contributed by atoms with van der Waals surface area (Å²) in [6.07, 6.45) is 13.2. The Morgan fingerprint density at radius 3 is 2.59 bits per heavy atom. The zero-order valence-electron chi connectivity index (χ0n) is 19.4. The molecule has 0 saturated heterocycles. The highest BCUT2D eigenvalue weighted by Crippen LogP contribution is 2.31. The topological polar surface area (TPSA) is 63.7 Å². The molecule has 1 heterocycles. The summed E-state index contributed by atoms with van der Waals surface area (Å²) >= 11 is 0. The van der Waals surface area contributed by atoms with Crippen LogP contribution in [0.3, 0.4) is 0 Å². The van der Waals surface area contributed by atoms with E-state index in [4.69, 9.17) is 9.47 Å². The maximum Gasteiger partial charge on any atom is 0.248 e. The number of benzene rings is 1. The quantitative estimate of drug-likeness (QED) is 0.520. The van der Waals surface area contributed by atoms with Crippen LogP contribution >= 0.6 is 0 Å². The molecule has 172 valence electrons. The van der Waals surface area contributed by atoms with Crippen LogP contribution in [0.25, 0.3) is 6.08 Å². The second-order valence-electron chi connectivity index (χ2n) is 8.44. The fraction of sp³-hybridized carbons (Fsp3) is 0.462. The van der Waals surface area contributed by atoms with E-state index in [1.807, 2.05) is 30.3 Å². The van der Waals surface area contributed by atoms with Crippen molar-refractivity contribution >= 4 is 17.7 Å². The van der Waals surface area contributed by atoms with Crippen molar-refractivity contribution in [3.05, 3.63) is 54.4 Å². The van der Waals surface area contributed by atoms with Gasteiger partial charge in [0.15, 0.2) is 11.5 Å². The van der Waals surface area contributed by atoms with Gasteiger partial charge in [-0.1, -0.05) is 19.3 Å². The molecule has 0 bridgehead atoms. The van der Waals surface area contributed by atoms with E-state index in [0.29, 0.717) is 35.9 Å². The van der Waals surface area contributed by atoms with E-state index in [1.165, 1.54) is 38.2 Å². The zero-order chi connectivity index (χ0) is 22.8. The number of amides is 1. The lowest BCUT2D eigenvalue weighted by Crippen LogP contribution is -2.43. The van der Waals surface area contributed by atoms with Crippen molar-refractivity contribution in [1.82, 2.24) is 9.88 Å². The SMILES string of the molecule is COc1ccc(NC(=O)/C=C/c2ccncc2)cc1OCCN(C(C)C)C1CCCCC1. The molecule has 0 aliphatic heterocycles. The fourth-order valence-corrected chi connectivity index (χ4v) is 4.23. The van der Waals surface area contributed by atoms with Gasteiger partial charge in [0.1, 0.15) is 6.61 Å². The molecule has 1 N–H and O–H groups in total. The number of carbonyl (C=O) groups is 1. The molecule has 1 aromatic heterocycles. The first-order valence-corrected chi connectivity index (χ1v) is 11.5. The Hall–Kier alpha value is -2.86. The molecule has 2 aromatic rings. The molecule has 1 aliphatic carbocycles. The molecule has 1 amide bonds. The van der Waals surface area contributed by atoms with Crippen molar-refractivity contribution in [1.29, 1.82) is 0 Å². The van der Waals surface area contributed by atoms with E-state index < -0.39 is 0 Å². The molecule has 0 atom stereocenters. The first-order valence-electron chi connectivity index (χ1n) is 11.5. The average molecular weight is 438 g/mol. The third-order valence-corrected chi connectivity index (χ3v) is 5.88. The van der Waals surface area contributed by atoms with Crippen LogP contribution in [-0.4, -0.2) is 48.1 Å². The summed E-state index contributed by atoms with van der Waals surface area (Å²) in [7, 11) is 1.63. The number of anilines is 1. The van der Waals surface area contributed by atoms with Gasteiger partial charge in [-0.05, 0) is 62.6 Å². The molecule has 1 saturated carbocycles. The van der Waals surface area contributed by atoms with Gasteiger partial charge in [-0.3, -0.25) is 14.7 Å². The van der Waals surface area contributed by atoms with Gasteiger partial charge in [0, 0.05) is 48.9 Å². The molecule has 6 nitrogen and oxygen atoms in total. The van der Waals surface area contributed by atoms with Gasteiger partial charge >= 0.3 is 0 Å². The molecular weight excluding hydrogens is 402 g/mol. The van der Waals surface area contributed by atoms with E-state index in [0.717, 1.165) is 12.1 Å². The Morgan fingerprint density at radius 2 is 1.91 bits per heavy atom. The van der Waals surface area contributed by atoms with Gasteiger partial charge in [0.2, 0.25) is 5.91 Å². The van der Waals surface area contributed by atoms with Crippen LogP contribution in [0.4, 0.5) is 5.69 Å². The molecule has 3 rings (SSSR count). The van der Waals surface area contributed by atoms with Crippen LogP contribution in [0.1, 0.15) is 51.5 Å². The second-order valence-corrected chi connectivity index (χ2v) is 8.44. The number of ether oxygens (including phenoxy) is 2. The molecular formula is C26H35N3O3. The number of methoxy groups -OCH3 is 1. The van der Waals surface area contributed by atoms with E-state index in [9.17, 15) is 4.79 Å². The second kappa shape index (κ2) is 12.2. The van der Waals surface area contributed by atoms with E-state index in [1.54, 1.807) is 25.6 Å². The lowest BCUT2D eigenvalue weighted by Gasteiger charge is -2.37. The van der Waals surface area contributed by atoms with Crippen LogP contribution in [0.2, 0.25) is 0 Å². The van der Waals surface area contributed by atoms with Gasteiger partial charge in [0.25, 0.3) is 0 Å². The van der Waals surface area contributed by atoms with Crippen molar-refractivity contribution in [2.45, 2.75) is 58.0 Å². The number of hydrogen-bond donors (Lipinski definition) is 1. The lowest BCUT2D eigenvalue weighted by atomic mass is 9.93. The summed E-state index contributed by atoms with van der Waals surface area (Å²) in [6, 6.07) is 10.3. The molecule has 1 aliphatic rings. The van der Waals surface area contributed by atoms with Gasteiger partial charge in [0.05, 0.1) is 7.11 Å². The smallest absolute Gasteiger partial charge is 0.248 e. The number of carbonyl (C=O) groups excluding carboxylic acids is 1. The maximum atomic E-state index is 12.3. The first-order chi connectivity index (χ1) is 15.6. The Balaban J connectivity index is 1.59. The highest BCUT2D eigenvalue weighted by atomic mass is 16.5. The third kappa shape index (κ3) is 7.09. The van der Waals surface area contributed by atoms with Crippen molar-refractivity contribution in [3.8, 4) is 11.5 Å². The molecule has 6 heteroatoms. The summed E-state index contributed by atoms with van der Waals surface area (Å²) < 4.78 is 11.6. The highest BCUT2D eigenvalue weighted by Gasteiger charge is 2.23. The summed E-state index contributed by atoms with van der Waals surface area (Å²) in [6.45, 7) is 5.96. The van der Waals surface area contributed by atoms with Crippen LogP contribution in [0.15, 0.2) is 48.8 Å². The summed E-state index contributed by atoms with van der Waals surface area (Å²) in [5, 5.41) is 2.89. The van der Waals surface area contributed by atoms with Crippen LogP contribution in [0.5, 0.6) is 11.5 Å². The van der Waals surface area contributed by atoms with Crippen LogP contribution < -0.4 is 14.8 Å². The minimum absolute atomic E-state index is 0.207. The normalized spacial score (nSPS) is 14.8.